The third kappa shape index (κ3) is 3.26. The van der Waals surface area contributed by atoms with Crippen LogP contribution in [0, 0.1) is 0 Å². The molecular weight excluding hydrogens is 273 g/mol. The van der Waals surface area contributed by atoms with Crippen molar-refractivity contribution in [2.24, 2.45) is 0 Å². The highest BCUT2D eigenvalue weighted by Crippen LogP contribution is 2.19. The van der Waals surface area contributed by atoms with Crippen LogP contribution < -0.4 is 5.59 Å². The second-order valence-corrected chi connectivity index (χ2v) is 5.81. The Labute approximate surface area is 122 Å². The van der Waals surface area contributed by atoms with Gasteiger partial charge in [-0.1, -0.05) is 12.1 Å². The molecule has 0 saturated carbocycles. The van der Waals surface area contributed by atoms with Crippen molar-refractivity contribution < 1.29 is 24.7 Å². The zero-order chi connectivity index (χ0) is 15.8. The Balaban J connectivity index is 2.62. The minimum Gasteiger partial charge on any atom is -0.443 e. The number of ether oxygens (including phenoxy) is 1. The number of rotatable bonds is 2. The number of benzene rings is 1. The third-order valence-corrected chi connectivity index (χ3v) is 2.92. The second kappa shape index (κ2) is 5.52. The standard InChI is InChI=1S/C14H18BNO5/c1-14(2,3)21-13(18)16-11-6-9(8-17)4-5-10(11)7-12(16)15(19)20/h4-7,17,19-20H,8H2,1-3H3. The van der Waals surface area contributed by atoms with Crippen molar-refractivity contribution in [3.8, 4) is 0 Å². The van der Waals surface area contributed by atoms with Crippen molar-refractivity contribution in [2.75, 3.05) is 0 Å². The highest BCUT2D eigenvalue weighted by molar-refractivity contribution is 6.59. The summed E-state index contributed by atoms with van der Waals surface area (Å²) in [6, 6.07) is 6.53. The van der Waals surface area contributed by atoms with Crippen LogP contribution in [-0.2, 0) is 11.3 Å². The first-order valence-corrected chi connectivity index (χ1v) is 6.57. The molecule has 0 bridgehead atoms. The van der Waals surface area contributed by atoms with Crippen LogP contribution in [0.3, 0.4) is 0 Å². The maximum Gasteiger partial charge on any atom is 0.506 e. The summed E-state index contributed by atoms with van der Waals surface area (Å²) in [5.41, 5.74) is 0.387. The molecule has 112 valence electrons. The van der Waals surface area contributed by atoms with Crippen LogP contribution in [-0.4, -0.2) is 38.5 Å². The quantitative estimate of drug-likeness (QED) is 0.705. The smallest absolute Gasteiger partial charge is 0.443 e. The fourth-order valence-corrected chi connectivity index (χ4v) is 2.07. The number of aliphatic hydroxyl groups is 1. The highest BCUT2D eigenvalue weighted by atomic mass is 16.6. The minimum absolute atomic E-state index is 0.0225. The van der Waals surface area contributed by atoms with E-state index in [2.05, 4.69) is 0 Å². The Kier molecular flexibility index (Phi) is 4.09. The fourth-order valence-electron chi connectivity index (χ4n) is 2.07. The van der Waals surface area contributed by atoms with Crippen LogP contribution in [0.15, 0.2) is 24.3 Å². The molecule has 0 saturated heterocycles. The van der Waals surface area contributed by atoms with E-state index in [1.54, 1.807) is 39.0 Å². The summed E-state index contributed by atoms with van der Waals surface area (Å²) in [4.78, 5) is 12.3. The predicted molar refractivity (Wildman–Crippen MR) is 79.3 cm³/mol. The molecule has 0 fully saturated rings. The summed E-state index contributed by atoms with van der Waals surface area (Å²) in [5, 5.41) is 28.8. The number of aromatic nitrogens is 1. The number of fused-ring (bicyclic) bond motifs is 1. The Hall–Kier alpha value is -1.83. The van der Waals surface area contributed by atoms with Crippen molar-refractivity contribution in [3.63, 3.8) is 0 Å². The summed E-state index contributed by atoms with van der Waals surface area (Å²) >= 11 is 0. The van der Waals surface area contributed by atoms with Crippen LogP contribution in [0.25, 0.3) is 10.9 Å². The summed E-state index contributed by atoms with van der Waals surface area (Å²) in [7, 11) is -1.80. The summed E-state index contributed by atoms with van der Waals surface area (Å²) in [6.07, 6.45) is -0.698. The largest absolute Gasteiger partial charge is 0.506 e. The maximum atomic E-state index is 12.3. The van der Waals surface area contributed by atoms with E-state index in [-0.39, 0.29) is 12.2 Å². The van der Waals surface area contributed by atoms with Gasteiger partial charge in [-0.2, -0.15) is 0 Å². The highest BCUT2D eigenvalue weighted by Gasteiger charge is 2.27. The van der Waals surface area contributed by atoms with Crippen LogP contribution >= 0.6 is 0 Å². The van der Waals surface area contributed by atoms with Crippen LogP contribution in [0.2, 0.25) is 0 Å². The van der Waals surface area contributed by atoms with E-state index in [9.17, 15) is 19.9 Å². The van der Waals surface area contributed by atoms with Crippen molar-refractivity contribution >= 4 is 29.7 Å². The van der Waals surface area contributed by atoms with E-state index in [1.165, 1.54) is 6.07 Å². The molecule has 0 aliphatic heterocycles. The molecular formula is C14H18BNO5. The molecule has 0 aliphatic carbocycles. The molecule has 0 spiro atoms. The van der Waals surface area contributed by atoms with E-state index in [4.69, 9.17) is 4.74 Å². The first-order valence-electron chi connectivity index (χ1n) is 6.57. The third-order valence-electron chi connectivity index (χ3n) is 2.92. The molecule has 1 heterocycles. The van der Waals surface area contributed by atoms with E-state index in [1.807, 2.05) is 0 Å². The van der Waals surface area contributed by atoms with E-state index in [0.29, 0.717) is 16.5 Å². The first-order chi connectivity index (χ1) is 9.73. The van der Waals surface area contributed by atoms with Gasteiger partial charge < -0.3 is 19.9 Å². The normalized spacial score (nSPS) is 11.7. The first kappa shape index (κ1) is 15.6. The van der Waals surface area contributed by atoms with Crippen LogP contribution in [0.4, 0.5) is 4.79 Å². The molecule has 0 unspecified atom stereocenters. The Morgan fingerprint density at radius 3 is 2.48 bits per heavy atom. The second-order valence-electron chi connectivity index (χ2n) is 5.81. The molecule has 3 N–H and O–H groups in total. The van der Waals surface area contributed by atoms with Crippen molar-refractivity contribution in [1.82, 2.24) is 4.57 Å². The minimum atomic E-state index is -1.80. The average Bonchev–Trinajstić information content (AvgIpc) is 2.74. The van der Waals surface area contributed by atoms with Gasteiger partial charge in [0.05, 0.1) is 17.7 Å². The van der Waals surface area contributed by atoms with Crippen LogP contribution in [0.1, 0.15) is 26.3 Å². The molecule has 0 amide bonds. The number of hydrogen-bond acceptors (Lipinski definition) is 5. The topological polar surface area (TPSA) is 91.9 Å². The summed E-state index contributed by atoms with van der Waals surface area (Å²) < 4.78 is 6.41. The zero-order valence-corrected chi connectivity index (χ0v) is 12.2. The van der Waals surface area contributed by atoms with Gasteiger partial charge in [0.25, 0.3) is 0 Å². The monoisotopic (exact) mass is 291 g/mol. The molecule has 1 aromatic heterocycles. The molecule has 1 aromatic carbocycles. The van der Waals surface area contributed by atoms with Gasteiger partial charge in [-0.3, -0.25) is 4.57 Å². The van der Waals surface area contributed by atoms with Gasteiger partial charge in [-0.15, -0.1) is 0 Å². The van der Waals surface area contributed by atoms with Crippen LogP contribution in [0.5, 0.6) is 0 Å². The summed E-state index contributed by atoms with van der Waals surface area (Å²) in [5.74, 6) is 0. The number of hydrogen-bond donors (Lipinski definition) is 3. The van der Waals surface area contributed by atoms with E-state index in [0.717, 1.165) is 4.57 Å². The van der Waals surface area contributed by atoms with Crippen molar-refractivity contribution in [2.45, 2.75) is 33.0 Å². The Bertz CT molecular complexity index is 672. The number of aliphatic hydroxyl groups excluding tert-OH is 1. The fraction of sp³-hybridized carbons (Fsp3) is 0.357. The van der Waals surface area contributed by atoms with E-state index >= 15 is 0 Å². The van der Waals surface area contributed by atoms with Crippen molar-refractivity contribution in [1.29, 1.82) is 0 Å². The molecule has 21 heavy (non-hydrogen) atoms. The lowest BCUT2D eigenvalue weighted by molar-refractivity contribution is 0.0547. The van der Waals surface area contributed by atoms with Gasteiger partial charge in [0, 0.05) is 0 Å². The maximum absolute atomic E-state index is 12.3. The molecule has 0 atom stereocenters. The van der Waals surface area contributed by atoms with Crippen molar-refractivity contribution in [3.05, 3.63) is 29.8 Å². The predicted octanol–water partition coefficient (Wildman–Crippen LogP) is 0.597. The zero-order valence-electron chi connectivity index (χ0n) is 12.2. The summed E-state index contributed by atoms with van der Waals surface area (Å²) in [6.45, 7) is 5.01. The number of carbonyl (C=O) groups is 1. The molecule has 7 heteroatoms. The van der Waals surface area contributed by atoms with Gasteiger partial charge in [0.1, 0.15) is 5.60 Å². The number of carbonyl (C=O) groups excluding carboxylic acids is 1. The molecule has 6 nitrogen and oxygen atoms in total. The molecule has 0 aliphatic rings. The lowest BCUT2D eigenvalue weighted by Gasteiger charge is -2.21. The van der Waals surface area contributed by atoms with Gasteiger partial charge in [-0.05, 0) is 43.9 Å². The molecule has 2 aromatic rings. The average molecular weight is 291 g/mol. The Morgan fingerprint density at radius 1 is 1.29 bits per heavy atom. The Morgan fingerprint density at radius 2 is 1.95 bits per heavy atom. The van der Waals surface area contributed by atoms with Gasteiger partial charge in [0.2, 0.25) is 0 Å². The van der Waals surface area contributed by atoms with Gasteiger partial charge in [0.15, 0.2) is 0 Å². The lowest BCUT2D eigenvalue weighted by Crippen LogP contribution is -2.41. The number of nitrogens with zero attached hydrogens (tertiary/aromatic N) is 1. The molecule has 0 radical (unpaired) electrons. The SMILES string of the molecule is CC(C)(C)OC(=O)n1c(B(O)O)cc2ccc(CO)cc21. The lowest BCUT2D eigenvalue weighted by atomic mass is 9.86. The molecule has 2 rings (SSSR count). The van der Waals surface area contributed by atoms with Gasteiger partial charge in [-0.25, -0.2) is 4.79 Å². The van der Waals surface area contributed by atoms with E-state index < -0.39 is 18.8 Å². The van der Waals surface area contributed by atoms with Gasteiger partial charge >= 0.3 is 13.2 Å².